The topological polar surface area (TPSA) is 26.3 Å². The van der Waals surface area contributed by atoms with Gasteiger partial charge in [-0.3, -0.25) is 0 Å². The fourth-order valence-corrected chi connectivity index (χ4v) is 1.69. The van der Waals surface area contributed by atoms with Gasteiger partial charge in [0.25, 0.3) is 0 Å². The number of furan rings is 1. The van der Waals surface area contributed by atoms with E-state index in [1.54, 1.807) is 6.26 Å². The normalized spacial score (nSPS) is 11.0. The summed E-state index contributed by atoms with van der Waals surface area (Å²) in [7, 11) is 0. The zero-order valence-corrected chi connectivity index (χ0v) is 8.36. The van der Waals surface area contributed by atoms with Gasteiger partial charge in [-0.05, 0) is 31.2 Å². The first-order chi connectivity index (χ1) is 7.33. The summed E-state index contributed by atoms with van der Waals surface area (Å²) in [4.78, 5) is 0. The van der Waals surface area contributed by atoms with Crippen LogP contribution in [0.1, 0.15) is 5.76 Å². The van der Waals surface area contributed by atoms with Crippen LogP contribution in [0.5, 0.6) is 0 Å². The Bertz CT molecular complexity index is 560. The van der Waals surface area contributed by atoms with Crippen LogP contribution in [0.15, 0.2) is 51.5 Å². The molecule has 74 valence electrons. The van der Waals surface area contributed by atoms with Crippen molar-refractivity contribution in [2.24, 2.45) is 0 Å². The first kappa shape index (κ1) is 8.36. The summed E-state index contributed by atoms with van der Waals surface area (Å²) in [5, 5.41) is 0. The predicted molar refractivity (Wildman–Crippen MR) is 57.8 cm³/mol. The van der Waals surface area contributed by atoms with Crippen molar-refractivity contribution in [2.75, 3.05) is 0 Å². The zero-order valence-electron chi connectivity index (χ0n) is 8.36. The Morgan fingerprint density at radius 2 is 1.80 bits per heavy atom. The van der Waals surface area contributed by atoms with E-state index in [0.29, 0.717) is 0 Å². The SMILES string of the molecule is Cc1cc(-c2ccc3cccc-3o2)co1. The number of fused-ring (bicyclic) bond motifs is 1. The zero-order chi connectivity index (χ0) is 10.3. The molecule has 0 saturated heterocycles. The maximum absolute atomic E-state index is 5.74. The second kappa shape index (κ2) is 3.02. The first-order valence-corrected chi connectivity index (χ1v) is 4.87. The Morgan fingerprint density at radius 3 is 2.60 bits per heavy atom. The van der Waals surface area contributed by atoms with E-state index in [1.807, 2.05) is 37.3 Å². The third-order valence-corrected chi connectivity index (χ3v) is 2.46. The maximum atomic E-state index is 5.74. The monoisotopic (exact) mass is 198 g/mol. The van der Waals surface area contributed by atoms with Crippen LogP contribution in [0, 0.1) is 6.92 Å². The molecule has 15 heavy (non-hydrogen) atoms. The van der Waals surface area contributed by atoms with Crippen LogP contribution in [-0.2, 0) is 0 Å². The van der Waals surface area contributed by atoms with Crippen molar-refractivity contribution in [2.45, 2.75) is 6.92 Å². The average molecular weight is 198 g/mol. The summed E-state index contributed by atoms with van der Waals surface area (Å²) in [6.45, 7) is 1.92. The van der Waals surface area contributed by atoms with Crippen LogP contribution in [0.2, 0.25) is 0 Å². The van der Waals surface area contributed by atoms with Gasteiger partial charge in [0.15, 0.2) is 0 Å². The van der Waals surface area contributed by atoms with E-state index in [4.69, 9.17) is 8.83 Å². The quantitative estimate of drug-likeness (QED) is 0.591. The number of aryl methyl sites for hydroxylation is 1. The molecule has 0 fully saturated rings. The molecule has 0 unspecified atom stereocenters. The highest BCUT2D eigenvalue weighted by Crippen LogP contribution is 2.30. The van der Waals surface area contributed by atoms with Crippen molar-refractivity contribution in [3.05, 3.63) is 48.4 Å². The largest absolute Gasteiger partial charge is 0.469 e. The number of hydrogen-bond donors (Lipinski definition) is 0. The Kier molecular flexibility index (Phi) is 1.68. The smallest absolute Gasteiger partial charge is 0.137 e. The second-order valence-corrected chi connectivity index (χ2v) is 3.59. The summed E-state index contributed by atoms with van der Waals surface area (Å²) in [5.41, 5.74) is 2.11. The van der Waals surface area contributed by atoms with Crippen molar-refractivity contribution in [1.29, 1.82) is 0 Å². The van der Waals surface area contributed by atoms with Crippen molar-refractivity contribution in [3.8, 4) is 22.6 Å². The van der Waals surface area contributed by atoms with Gasteiger partial charge in [0.1, 0.15) is 23.5 Å². The Balaban J connectivity index is 2.16. The van der Waals surface area contributed by atoms with Gasteiger partial charge < -0.3 is 8.83 Å². The molecule has 0 radical (unpaired) electrons. The predicted octanol–water partition coefficient (Wildman–Crippen LogP) is 3.95. The van der Waals surface area contributed by atoms with Gasteiger partial charge in [-0.2, -0.15) is 0 Å². The van der Waals surface area contributed by atoms with Crippen molar-refractivity contribution in [1.82, 2.24) is 0 Å². The average Bonchev–Trinajstić information content (AvgIpc) is 2.84. The second-order valence-electron chi connectivity index (χ2n) is 3.59. The van der Waals surface area contributed by atoms with Crippen molar-refractivity contribution >= 4 is 0 Å². The molecule has 1 aliphatic heterocycles. The van der Waals surface area contributed by atoms with Crippen LogP contribution in [0.4, 0.5) is 0 Å². The highest BCUT2D eigenvalue weighted by atomic mass is 16.3. The molecule has 0 N–H and O–H groups in total. The lowest BCUT2D eigenvalue weighted by Crippen LogP contribution is -1.77. The molecule has 0 bridgehead atoms. The Hall–Kier alpha value is -1.96. The molecule has 2 heterocycles. The van der Waals surface area contributed by atoms with Gasteiger partial charge in [-0.15, -0.1) is 0 Å². The minimum atomic E-state index is 0.838. The lowest BCUT2D eigenvalue weighted by atomic mass is 10.2. The van der Waals surface area contributed by atoms with E-state index in [2.05, 4.69) is 6.07 Å². The number of rotatable bonds is 1. The standard InChI is InChI=1S/C13H10O2/c1-9-7-11(8-14-9)13-6-5-10-3-2-4-12(10)15-13/h2-8H,1H3. The molecule has 0 spiro atoms. The summed E-state index contributed by atoms with van der Waals surface area (Å²) in [5.74, 6) is 2.64. The van der Waals surface area contributed by atoms with Gasteiger partial charge in [0, 0.05) is 5.56 Å². The molecule has 1 aromatic heterocycles. The molecule has 2 heteroatoms. The van der Waals surface area contributed by atoms with Crippen LogP contribution in [0.25, 0.3) is 22.6 Å². The van der Waals surface area contributed by atoms with E-state index in [1.165, 1.54) is 0 Å². The lowest BCUT2D eigenvalue weighted by molar-refractivity contribution is 0.532. The fraction of sp³-hybridized carbons (Fsp3) is 0.0769. The number of hydrogen-bond acceptors (Lipinski definition) is 2. The van der Waals surface area contributed by atoms with Crippen LogP contribution in [-0.4, -0.2) is 0 Å². The third-order valence-electron chi connectivity index (χ3n) is 2.46. The fourth-order valence-electron chi connectivity index (χ4n) is 1.69. The third kappa shape index (κ3) is 1.34. The molecule has 0 aromatic carbocycles. The molecular weight excluding hydrogens is 188 g/mol. The molecule has 1 aromatic rings. The van der Waals surface area contributed by atoms with Crippen LogP contribution >= 0.6 is 0 Å². The molecule has 2 nitrogen and oxygen atoms in total. The van der Waals surface area contributed by atoms with Gasteiger partial charge in [-0.1, -0.05) is 12.1 Å². The van der Waals surface area contributed by atoms with Crippen molar-refractivity contribution < 1.29 is 8.83 Å². The molecule has 0 atom stereocenters. The van der Waals surface area contributed by atoms with E-state index in [0.717, 1.165) is 28.4 Å². The molecular formula is C13H10O2. The summed E-state index contributed by atoms with van der Waals surface area (Å²) < 4.78 is 11.0. The molecule has 0 saturated carbocycles. The first-order valence-electron chi connectivity index (χ1n) is 4.87. The van der Waals surface area contributed by atoms with E-state index in [-0.39, 0.29) is 0 Å². The minimum absolute atomic E-state index is 0.838. The van der Waals surface area contributed by atoms with Crippen LogP contribution in [0.3, 0.4) is 0 Å². The summed E-state index contributed by atoms with van der Waals surface area (Å²) in [6, 6.07) is 12.0. The molecule has 1 aliphatic carbocycles. The molecule has 3 rings (SSSR count). The van der Waals surface area contributed by atoms with E-state index < -0.39 is 0 Å². The minimum Gasteiger partial charge on any atom is -0.469 e. The van der Waals surface area contributed by atoms with Gasteiger partial charge >= 0.3 is 0 Å². The Labute approximate surface area is 87.5 Å². The molecule has 0 amide bonds. The molecule has 2 aliphatic rings. The summed E-state index contributed by atoms with van der Waals surface area (Å²) in [6.07, 6.45) is 1.71. The highest BCUT2D eigenvalue weighted by Gasteiger charge is 2.08. The summed E-state index contributed by atoms with van der Waals surface area (Å²) >= 11 is 0. The van der Waals surface area contributed by atoms with E-state index >= 15 is 0 Å². The Morgan fingerprint density at radius 1 is 0.933 bits per heavy atom. The van der Waals surface area contributed by atoms with Gasteiger partial charge in [-0.25, -0.2) is 0 Å². The maximum Gasteiger partial charge on any atom is 0.137 e. The van der Waals surface area contributed by atoms with Crippen LogP contribution < -0.4 is 0 Å². The highest BCUT2D eigenvalue weighted by molar-refractivity contribution is 5.65. The lowest BCUT2D eigenvalue weighted by Gasteiger charge is -2.01. The van der Waals surface area contributed by atoms with E-state index in [9.17, 15) is 0 Å². The van der Waals surface area contributed by atoms with Gasteiger partial charge in [0.05, 0.1) is 5.56 Å². The van der Waals surface area contributed by atoms with Crippen molar-refractivity contribution in [3.63, 3.8) is 0 Å². The van der Waals surface area contributed by atoms with Gasteiger partial charge in [0.2, 0.25) is 0 Å².